The van der Waals surface area contributed by atoms with Gasteiger partial charge in [-0.25, -0.2) is 0 Å². The van der Waals surface area contributed by atoms with Crippen molar-refractivity contribution in [1.29, 1.82) is 0 Å². The molecule has 0 aromatic heterocycles. The lowest BCUT2D eigenvalue weighted by Crippen LogP contribution is -2.19. The second kappa shape index (κ2) is 6.43. The van der Waals surface area contributed by atoms with Crippen LogP contribution in [0.1, 0.15) is 5.56 Å². The normalized spacial score (nSPS) is 12.5. The number of ether oxygens (including phenoxy) is 3. The monoisotopic (exact) mass is 209 g/mol. The molecule has 1 aromatic carbocycles. The van der Waals surface area contributed by atoms with Gasteiger partial charge in [0.1, 0.15) is 5.75 Å². The summed E-state index contributed by atoms with van der Waals surface area (Å²) >= 11 is 0. The minimum atomic E-state index is 0.0518. The Kier molecular flexibility index (Phi) is 5.15. The molecule has 1 rings (SSSR count). The van der Waals surface area contributed by atoms with Gasteiger partial charge in [0.15, 0.2) is 0 Å². The summed E-state index contributed by atoms with van der Waals surface area (Å²) in [6.07, 6.45) is 0.867. The van der Waals surface area contributed by atoms with Gasteiger partial charge in [-0.3, -0.25) is 0 Å². The van der Waals surface area contributed by atoms with Crippen molar-refractivity contribution < 1.29 is 14.2 Å². The van der Waals surface area contributed by atoms with E-state index in [-0.39, 0.29) is 6.10 Å². The molecule has 0 spiro atoms. The molecule has 15 heavy (non-hydrogen) atoms. The fraction of sp³-hybridized carbons (Fsp3) is 0.417. The second-order valence-corrected chi connectivity index (χ2v) is 3.28. The molecule has 83 valence electrons. The van der Waals surface area contributed by atoms with Gasteiger partial charge >= 0.3 is 0 Å². The fourth-order valence-corrected chi connectivity index (χ4v) is 1.37. The Morgan fingerprint density at radius 2 is 1.87 bits per heavy atom. The van der Waals surface area contributed by atoms with E-state index in [1.165, 1.54) is 5.56 Å². The average Bonchev–Trinajstić information content (AvgIpc) is 2.29. The van der Waals surface area contributed by atoms with Gasteiger partial charge in [-0.15, -0.1) is 0 Å². The minimum absolute atomic E-state index is 0.0518. The standard InChI is InChI=1S/C12H17O3/c1-13-9-12(15-3)8-10-4-6-11(14-2)7-5-10/h4-7,12H,1,8-9H2,2-3H3. The third-order valence-corrected chi connectivity index (χ3v) is 2.26. The lowest BCUT2D eigenvalue weighted by molar-refractivity contribution is 0.0405. The molecule has 0 aliphatic carbocycles. The molecule has 0 aliphatic heterocycles. The molecule has 1 unspecified atom stereocenters. The van der Waals surface area contributed by atoms with Crippen molar-refractivity contribution in [3.8, 4) is 5.75 Å². The van der Waals surface area contributed by atoms with E-state index in [1.54, 1.807) is 14.2 Å². The van der Waals surface area contributed by atoms with E-state index in [9.17, 15) is 0 Å². The Hall–Kier alpha value is -1.06. The van der Waals surface area contributed by atoms with Crippen LogP contribution in [0.3, 0.4) is 0 Å². The zero-order valence-electron chi connectivity index (χ0n) is 9.23. The molecule has 1 radical (unpaired) electrons. The molecule has 0 bridgehead atoms. The minimum Gasteiger partial charge on any atom is -0.497 e. The van der Waals surface area contributed by atoms with Gasteiger partial charge in [0.05, 0.1) is 26.9 Å². The quantitative estimate of drug-likeness (QED) is 0.717. The molecular weight excluding hydrogens is 192 g/mol. The smallest absolute Gasteiger partial charge is 0.118 e. The summed E-state index contributed by atoms with van der Waals surface area (Å²) in [4.78, 5) is 0. The molecule has 0 saturated heterocycles. The first-order valence-corrected chi connectivity index (χ1v) is 4.83. The van der Waals surface area contributed by atoms with E-state index >= 15 is 0 Å². The van der Waals surface area contributed by atoms with Crippen LogP contribution in [0.2, 0.25) is 0 Å². The van der Waals surface area contributed by atoms with Crippen molar-refractivity contribution in [1.82, 2.24) is 0 Å². The summed E-state index contributed by atoms with van der Waals surface area (Å²) in [5.41, 5.74) is 1.19. The van der Waals surface area contributed by atoms with Gasteiger partial charge < -0.3 is 14.2 Å². The molecule has 1 aromatic rings. The van der Waals surface area contributed by atoms with E-state index in [1.807, 2.05) is 24.3 Å². The maximum Gasteiger partial charge on any atom is 0.118 e. The Morgan fingerprint density at radius 1 is 1.20 bits per heavy atom. The van der Waals surface area contributed by atoms with Crippen molar-refractivity contribution in [3.63, 3.8) is 0 Å². The van der Waals surface area contributed by atoms with Crippen molar-refractivity contribution in [2.24, 2.45) is 0 Å². The highest BCUT2D eigenvalue weighted by molar-refractivity contribution is 5.27. The third-order valence-electron chi connectivity index (χ3n) is 2.26. The zero-order chi connectivity index (χ0) is 11.1. The van der Waals surface area contributed by atoms with Gasteiger partial charge in [-0.05, 0) is 17.7 Å². The highest BCUT2D eigenvalue weighted by atomic mass is 16.5. The predicted octanol–water partition coefficient (Wildman–Crippen LogP) is 2.06. The summed E-state index contributed by atoms with van der Waals surface area (Å²) in [5.74, 6) is 0.862. The van der Waals surface area contributed by atoms with Crippen molar-refractivity contribution in [3.05, 3.63) is 36.9 Å². The van der Waals surface area contributed by atoms with E-state index < -0.39 is 0 Å². The van der Waals surface area contributed by atoms with Gasteiger partial charge in [-0.2, -0.15) is 0 Å². The molecule has 1 atom stereocenters. The lowest BCUT2D eigenvalue weighted by Gasteiger charge is -2.14. The molecule has 0 amide bonds. The van der Waals surface area contributed by atoms with Crippen LogP contribution < -0.4 is 4.74 Å². The number of benzene rings is 1. The molecule has 0 N–H and O–H groups in total. The van der Waals surface area contributed by atoms with E-state index in [2.05, 4.69) is 7.11 Å². The van der Waals surface area contributed by atoms with E-state index in [0.717, 1.165) is 12.2 Å². The average molecular weight is 209 g/mol. The molecule has 0 fully saturated rings. The summed E-state index contributed by atoms with van der Waals surface area (Å²) in [6, 6.07) is 7.92. The van der Waals surface area contributed by atoms with Gasteiger partial charge in [0.25, 0.3) is 0 Å². The number of methoxy groups -OCH3 is 2. The Balaban J connectivity index is 2.55. The molecule has 3 nitrogen and oxygen atoms in total. The van der Waals surface area contributed by atoms with E-state index in [0.29, 0.717) is 6.61 Å². The van der Waals surface area contributed by atoms with Gasteiger partial charge in [-0.1, -0.05) is 12.1 Å². The Bertz CT molecular complexity index is 269. The molecule has 0 saturated carbocycles. The van der Waals surface area contributed by atoms with Crippen molar-refractivity contribution in [2.75, 3.05) is 20.8 Å². The molecular formula is C12H17O3. The van der Waals surface area contributed by atoms with Crippen LogP contribution in [0.4, 0.5) is 0 Å². The summed E-state index contributed by atoms with van der Waals surface area (Å²) in [5, 5.41) is 0. The lowest BCUT2D eigenvalue weighted by atomic mass is 10.1. The maximum atomic E-state index is 5.25. The van der Waals surface area contributed by atoms with Gasteiger partial charge in [0.2, 0.25) is 0 Å². The number of hydrogen-bond acceptors (Lipinski definition) is 3. The van der Waals surface area contributed by atoms with Crippen LogP contribution in [0.15, 0.2) is 24.3 Å². The Morgan fingerprint density at radius 3 is 2.33 bits per heavy atom. The third kappa shape index (κ3) is 3.90. The van der Waals surface area contributed by atoms with Gasteiger partial charge in [0, 0.05) is 13.5 Å². The highest BCUT2D eigenvalue weighted by Gasteiger charge is 2.07. The predicted molar refractivity (Wildman–Crippen MR) is 58.8 cm³/mol. The van der Waals surface area contributed by atoms with Crippen LogP contribution in [0.5, 0.6) is 5.75 Å². The van der Waals surface area contributed by atoms with Crippen LogP contribution in [0, 0.1) is 7.11 Å². The first-order valence-electron chi connectivity index (χ1n) is 4.83. The fourth-order valence-electron chi connectivity index (χ4n) is 1.37. The van der Waals surface area contributed by atoms with Crippen LogP contribution in [-0.2, 0) is 15.9 Å². The number of rotatable bonds is 6. The van der Waals surface area contributed by atoms with Crippen LogP contribution in [-0.4, -0.2) is 26.9 Å². The van der Waals surface area contributed by atoms with E-state index in [4.69, 9.17) is 14.2 Å². The summed E-state index contributed by atoms with van der Waals surface area (Å²) in [6.45, 7) is 0.503. The molecule has 0 heterocycles. The maximum absolute atomic E-state index is 5.25. The first-order chi connectivity index (χ1) is 7.30. The largest absolute Gasteiger partial charge is 0.497 e. The number of hydrogen-bond donors (Lipinski definition) is 0. The van der Waals surface area contributed by atoms with Crippen LogP contribution in [0.25, 0.3) is 0 Å². The summed E-state index contributed by atoms with van der Waals surface area (Å²) in [7, 11) is 6.67. The topological polar surface area (TPSA) is 27.7 Å². The van der Waals surface area contributed by atoms with Crippen LogP contribution >= 0.6 is 0 Å². The zero-order valence-corrected chi connectivity index (χ0v) is 9.23. The van der Waals surface area contributed by atoms with Crippen molar-refractivity contribution >= 4 is 0 Å². The molecule has 0 aliphatic rings. The SMILES string of the molecule is [CH2]OCC(Cc1ccc(OC)cc1)OC. The Labute approximate surface area is 91.0 Å². The first kappa shape index (κ1) is 12.0. The highest BCUT2D eigenvalue weighted by Crippen LogP contribution is 2.13. The molecule has 3 heteroatoms. The van der Waals surface area contributed by atoms with Crippen molar-refractivity contribution in [2.45, 2.75) is 12.5 Å². The second-order valence-electron chi connectivity index (χ2n) is 3.28. The summed E-state index contributed by atoms with van der Waals surface area (Å²) < 4.78 is 15.1.